The van der Waals surface area contributed by atoms with E-state index in [1.54, 1.807) is 11.3 Å². The van der Waals surface area contributed by atoms with Crippen molar-refractivity contribution in [2.45, 2.75) is 58.0 Å². The smallest absolute Gasteiger partial charge is 0.261 e. The van der Waals surface area contributed by atoms with Crippen molar-refractivity contribution < 1.29 is 0 Å². The first-order valence-corrected chi connectivity index (χ1v) is 10.5. The van der Waals surface area contributed by atoms with E-state index >= 15 is 0 Å². The highest BCUT2D eigenvalue weighted by Gasteiger charge is 2.29. The lowest BCUT2D eigenvalue weighted by atomic mass is 9.94. The maximum Gasteiger partial charge on any atom is 0.261 e. The molecule has 0 radical (unpaired) electrons. The van der Waals surface area contributed by atoms with E-state index in [1.807, 2.05) is 29.0 Å². The number of rotatable bonds is 3. The fourth-order valence-corrected chi connectivity index (χ4v) is 4.82. The molecule has 1 saturated carbocycles. The predicted molar refractivity (Wildman–Crippen MR) is 109 cm³/mol. The summed E-state index contributed by atoms with van der Waals surface area (Å²) in [6.45, 7) is 4.86. The molecule has 3 heterocycles. The monoisotopic (exact) mass is 370 g/mol. The molecule has 26 heavy (non-hydrogen) atoms. The van der Waals surface area contributed by atoms with Crippen molar-refractivity contribution in [3.8, 4) is 10.4 Å². The summed E-state index contributed by atoms with van der Waals surface area (Å²) in [5.74, 6) is 1.70. The number of aliphatic imine (C=N–C) groups is 1. The summed E-state index contributed by atoms with van der Waals surface area (Å²) in [5, 5.41) is 8.87. The zero-order chi connectivity index (χ0) is 18.1. The predicted octanol–water partition coefficient (Wildman–Crippen LogP) is 4.53. The van der Waals surface area contributed by atoms with Gasteiger partial charge < -0.3 is 10.6 Å². The molecule has 5 nitrogen and oxygen atoms in total. The number of guanidine groups is 1. The highest BCUT2D eigenvalue weighted by molar-refractivity contribution is 7.13. The van der Waals surface area contributed by atoms with Gasteiger partial charge in [0.2, 0.25) is 0 Å². The van der Waals surface area contributed by atoms with E-state index in [0.717, 1.165) is 40.6 Å². The second-order valence-electron chi connectivity index (χ2n) is 7.12. The average Bonchev–Trinajstić information content (AvgIpc) is 3.17. The van der Waals surface area contributed by atoms with Crippen molar-refractivity contribution in [1.82, 2.24) is 9.88 Å². The molecule has 2 N–H and O–H groups in total. The van der Waals surface area contributed by atoms with Gasteiger partial charge >= 0.3 is 0 Å². The molecule has 1 unspecified atom stereocenters. The topological polar surface area (TPSA) is 58.4 Å². The summed E-state index contributed by atoms with van der Waals surface area (Å²) >= 11 is 1.63. The SMILES string of the molecule is CCN=C1Nc2c(cc(-c3cccs3)c(=O)n2C2CCCCC2)C(C)N1. The maximum absolute atomic E-state index is 13.5. The molecule has 1 atom stereocenters. The number of hydrogen-bond acceptors (Lipinski definition) is 3. The summed E-state index contributed by atoms with van der Waals surface area (Å²) in [7, 11) is 0. The Labute approximate surface area is 158 Å². The second-order valence-corrected chi connectivity index (χ2v) is 8.07. The van der Waals surface area contributed by atoms with Crippen molar-refractivity contribution in [3.05, 3.63) is 39.5 Å². The number of nitrogens with one attached hydrogen (secondary N) is 2. The van der Waals surface area contributed by atoms with Gasteiger partial charge in [0, 0.05) is 23.0 Å². The van der Waals surface area contributed by atoms with E-state index in [4.69, 9.17) is 0 Å². The van der Waals surface area contributed by atoms with E-state index in [0.29, 0.717) is 6.54 Å². The van der Waals surface area contributed by atoms with Crippen LogP contribution in [0.15, 0.2) is 33.4 Å². The minimum atomic E-state index is 0.116. The highest BCUT2D eigenvalue weighted by Crippen LogP contribution is 2.36. The molecule has 2 aromatic rings. The van der Waals surface area contributed by atoms with Crippen molar-refractivity contribution in [2.75, 3.05) is 11.9 Å². The van der Waals surface area contributed by atoms with Crippen LogP contribution < -0.4 is 16.2 Å². The normalized spacial score (nSPS) is 21.9. The zero-order valence-electron chi connectivity index (χ0n) is 15.4. The number of anilines is 1. The molecule has 0 saturated heterocycles. The summed E-state index contributed by atoms with van der Waals surface area (Å²) in [5.41, 5.74) is 2.08. The Morgan fingerprint density at radius 3 is 2.81 bits per heavy atom. The molecule has 138 valence electrons. The van der Waals surface area contributed by atoms with Crippen LogP contribution in [0, 0.1) is 0 Å². The van der Waals surface area contributed by atoms with Gasteiger partial charge in [-0.2, -0.15) is 0 Å². The van der Waals surface area contributed by atoms with E-state index in [-0.39, 0.29) is 17.6 Å². The Kier molecular flexibility index (Phi) is 4.85. The third kappa shape index (κ3) is 3.07. The fourth-order valence-electron chi connectivity index (χ4n) is 4.09. The van der Waals surface area contributed by atoms with Gasteiger partial charge in [-0.1, -0.05) is 25.3 Å². The molecule has 2 aliphatic rings. The van der Waals surface area contributed by atoms with Crippen LogP contribution in [0.25, 0.3) is 10.4 Å². The Hall–Kier alpha value is -2.08. The minimum absolute atomic E-state index is 0.116. The van der Waals surface area contributed by atoms with Gasteiger partial charge in [-0.15, -0.1) is 11.3 Å². The number of pyridine rings is 1. The Bertz CT molecular complexity index is 863. The molecule has 6 heteroatoms. The average molecular weight is 371 g/mol. The largest absolute Gasteiger partial charge is 0.349 e. The molecule has 2 aromatic heterocycles. The molecule has 4 rings (SSSR count). The quantitative estimate of drug-likeness (QED) is 0.834. The van der Waals surface area contributed by atoms with Crippen LogP contribution in [0.4, 0.5) is 5.82 Å². The van der Waals surface area contributed by atoms with Crippen LogP contribution in [0.2, 0.25) is 0 Å². The molecule has 0 amide bonds. The van der Waals surface area contributed by atoms with Gasteiger partial charge in [0.05, 0.1) is 11.6 Å². The van der Waals surface area contributed by atoms with Gasteiger partial charge in [-0.05, 0) is 44.2 Å². The Balaban J connectivity index is 1.91. The van der Waals surface area contributed by atoms with E-state index in [2.05, 4.69) is 28.6 Å². The van der Waals surface area contributed by atoms with E-state index in [1.165, 1.54) is 19.3 Å². The molecule has 1 aliphatic heterocycles. The van der Waals surface area contributed by atoms with Crippen LogP contribution in [-0.4, -0.2) is 17.1 Å². The van der Waals surface area contributed by atoms with Gasteiger partial charge in [0.1, 0.15) is 5.82 Å². The fraction of sp³-hybridized carbons (Fsp3) is 0.500. The lowest BCUT2D eigenvalue weighted by molar-refractivity contribution is 0.348. The lowest BCUT2D eigenvalue weighted by Crippen LogP contribution is -2.42. The summed E-state index contributed by atoms with van der Waals surface area (Å²) in [6, 6.07) is 6.50. The maximum atomic E-state index is 13.5. The van der Waals surface area contributed by atoms with Crippen LogP contribution in [-0.2, 0) is 0 Å². The molecule has 1 fully saturated rings. The first kappa shape index (κ1) is 17.3. The van der Waals surface area contributed by atoms with Gasteiger partial charge in [0.15, 0.2) is 5.96 Å². The van der Waals surface area contributed by atoms with Crippen molar-refractivity contribution in [1.29, 1.82) is 0 Å². The second kappa shape index (κ2) is 7.27. The number of nitrogens with zero attached hydrogens (tertiary/aromatic N) is 2. The Morgan fingerprint density at radius 1 is 1.31 bits per heavy atom. The third-order valence-corrected chi connectivity index (χ3v) is 6.27. The van der Waals surface area contributed by atoms with Crippen LogP contribution in [0.3, 0.4) is 0 Å². The van der Waals surface area contributed by atoms with Crippen molar-refractivity contribution in [2.24, 2.45) is 4.99 Å². The standard InChI is InChI=1S/C20H26N4OS/c1-3-21-20-22-13(2)15-12-16(17-10-7-11-26-17)19(25)24(18(15)23-20)14-8-5-4-6-9-14/h7,10-14H,3-6,8-9H2,1-2H3,(H2,21,22,23). The minimum Gasteiger partial charge on any atom is -0.349 e. The Morgan fingerprint density at radius 2 is 2.12 bits per heavy atom. The van der Waals surface area contributed by atoms with Gasteiger partial charge in [-0.3, -0.25) is 14.4 Å². The molecule has 0 aromatic carbocycles. The molecule has 0 bridgehead atoms. The number of hydrogen-bond donors (Lipinski definition) is 2. The van der Waals surface area contributed by atoms with Crippen LogP contribution in [0.5, 0.6) is 0 Å². The summed E-state index contributed by atoms with van der Waals surface area (Å²) < 4.78 is 2.03. The molecular formula is C20H26N4OS. The molecule has 0 spiro atoms. The molecular weight excluding hydrogens is 344 g/mol. The number of thiophene rings is 1. The van der Waals surface area contributed by atoms with Crippen molar-refractivity contribution in [3.63, 3.8) is 0 Å². The first-order chi connectivity index (χ1) is 12.7. The van der Waals surface area contributed by atoms with Crippen LogP contribution >= 0.6 is 11.3 Å². The first-order valence-electron chi connectivity index (χ1n) is 9.60. The highest BCUT2D eigenvalue weighted by atomic mass is 32.1. The number of fused-ring (bicyclic) bond motifs is 1. The molecule has 1 aliphatic carbocycles. The summed E-state index contributed by atoms with van der Waals surface area (Å²) in [4.78, 5) is 19.0. The van der Waals surface area contributed by atoms with Crippen LogP contribution in [0.1, 0.15) is 63.6 Å². The number of aromatic nitrogens is 1. The zero-order valence-corrected chi connectivity index (χ0v) is 16.2. The van der Waals surface area contributed by atoms with Gasteiger partial charge in [0.25, 0.3) is 5.56 Å². The van der Waals surface area contributed by atoms with E-state index in [9.17, 15) is 4.79 Å². The lowest BCUT2D eigenvalue weighted by Gasteiger charge is -2.34. The van der Waals surface area contributed by atoms with Crippen molar-refractivity contribution >= 4 is 23.1 Å². The van der Waals surface area contributed by atoms with Gasteiger partial charge in [-0.25, -0.2) is 0 Å². The van der Waals surface area contributed by atoms with E-state index < -0.39 is 0 Å². The third-order valence-electron chi connectivity index (χ3n) is 5.36. The summed E-state index contributed by atoms with van der Waals surface area (Å²) in [6.07, 6.45) is 5.80.